The van der Waals surface area contributed by atoms with E-state index in [0.717, 1.165) is 11.1 Å². The highest BCUT2D eigenvalue weighted by molar-refractivity contribution is 5.98. The van der Waals surface area contributed by atoms with Gasteiger partial charge in [-0.2, -0.15) is 0 Å². The van der Waals surface area contributed by atoms with Gasteiger partial charge in [0.2, 0.25) is 11.8 Å². The maximum absolute atomic E-state index is 12.9. The lowest BCUT2D eigenvalue weighted by Crippen LogP contribution is -2.53. The highest BCUT2D eigenvalue weighted by Gasteiger charge is 2.50. The van der Waals surface area contributed by atoms with Gasteiger partial charge in [0.05, 0.1) is 25.8 Å². The first-order valence-electron chi connectivity index (χ1n) is 12.0. The first-order valence-corrected chi connectivity index (χ1v) is 12.0. The molecule has 0 radical (unpaired) electrons. The van der Waals surface area contributed by atoms with E-state index in [9.17, 15) is 19.2 Å². The van der Waals surface area contributed by atoms with Crippen molar-refractivity contribution >= 4 is 23.5 Å². The molecule has 0 bridgehead atoms. The van der Waals surface area contributed by atoms with Crippen LogP contribution in [0, 0.1) is 13.8 Å². The van der Waals surface area contributed by atoms with Gasteiger partial charge in [-0.1, -0.05) is 35.0 Å². The number of ether oxygens (including phenoxy) is 3. The van der Waals surface area contributed by atoms with Crippen molar-refractivity contribution in [2.75, 3.05) is 41.1 Å². The lowest BCUT2D eigenvalue weighted by atomic mass is 9.94. The van der Waals surface area contributed by atoms with Crippen molar-refractivity contribution in [2.24, 2.45) is 0 Å². The van der Waals surface area contributed by atoms with E-state index >= 15 is 0 Å². The van der Waals surface area contributed by atoms with Gasteiger partial charge in [-0.25, -0.2) is 0 Å². The summed E-state index contributed by atoms with van der Waals surface area (Å²) < 4.78 is 19.4. The second-order valence-corrected chi connectivity index (χ2v) is 9.13. The third-order valence-corrected chi connectivity index (χ3v) is 5.51. The molecule has 2 aromatic rings. The molecule has 1 aromatic heterocycles. The van der Waals surface area contributed by atoms with E-state index in [-0.39, 0.29) is 18.1 Å². The maximum atomic E-state index is 12.9. The molecule has 1 fully saturated rings. The number of nitrogens with zero attached hydrogens (tertiary/aromatic N) is 1. The third-order valence-electron chi connectivity index (χ3n) is 5.51. The molecular formula is C26H36N4O8. The molecule has 0 spiro atoms. The number of benzene rings is 1. The fraction of sp³-hybridized carbons (Fsp3) is 0.500. The predicted octanol–water partition coefficient (Wildman–Crippen LogP) is 0.501. The molecule has 1 aromatic carbocycles. The van der Waals surface area contributed by atoms with Crippen LogP contribution in [0.25, 0.3) is 0 Å². The summed E-state index contributed by atoms with van der Waals surface area (Å²) in [7, 11) is 4.63. The van der Waals surface area contributed by atoms with Gasteiger partial charge in [0.1, 0.15) is 17.4 Å². The number of ketones is 1. The van der Waals surface area contributed by atoms with Gasteiger partial charge in [-0.3, -0.25) is 19.2 Å². The molecule has 0 aliphatic carbocycles. The highest BCUT2D eigenvalue weighted by atomic mass is 16.6. The van der Waals surface area contributed by atoms with E-state index < -0.39 is 42.0 Å². The Bertz CT molecular complexity index is 1110. The average Bonchev–Trinajstić information content (AvgIpc) is 3.47. The Labute approximate surface area is 221 Å². The lowest BCUT2D eigenvalue weighted by molar-refractivity contribution is -0.131. The Balaban J connectivity index is 0.00000161. The number of nitrogens with one attached hydrogen (secondary N) is 3. The smallest absolute Gasteiger partial charge is 0.274 e. The van der Waals surface area contributed by atoms with Gasteiger partial charge in [-0.05, 0) is 32.8 Å². The zero-order valence-corrected chi connectivity index (χ0v) is 22.6. The Hall–Kier alpha value is -3.61. The first kappa shape index (κ1) is 30.6. The molecule has 12 heteroatoms. The summed E-state index contributed by atoms with van der Waals surface area (Å²) in [6.45, 7) is 5.04. The van der Waals surface area contributed by atoms with Crippen LogP contribution < -0.4 is 16.0 Å². The van der Waals surface area contributed by atoms with Crippen molar-refractivity contribution < 1.29 is 37.9 Å². The van der Waals surface area contributed by atoms with E-state index in [4.69, 9.17) is 14.0 Å². The number of amides is 3. The monoisotopic (exact) mass is 532 g/mol. The van der Waals surface area contributed by atoms with Crippen LogP contribution >= 0.6 is 0 Å². The van der Waals surface area contributed by atoms with Crippen molar-refractivity contribution in [3.05, 3.63) is 52.9 Å². The number of aromatic nitrogens is 1. The predicted molar refractivity (Wildman–Crippen MR) is 136 cm³/mol. The molecule has 208 valence electrons. The zero-order valence-electron chi connectivity index (χ0n) is 22.6. The highest BCUT2D eigenvalue weighted by Crippen LogP contribution is 2.29. The molecule has 1 aliphatic heterocycles. The average molecular weight is 533 g/mol. The fourth-order valence-electron chi connectivity index (χ4n) is 3.49. The van der Waals surface area contributed by atoms with Crippen LogP contribution in [0.3, 0.4) is 0 Å². The van der Waals surface area contributed by atoms with Gasteiger partial charge in [-0.15, -0.1) is 0 Å². The van der Waals surface area contributed by atoms with E-state index in [1.807, 2.05) is 31.2 Å². The first-order chi connectivity index (χ1) is 18.0. The number of carbonyl (C=O) groups excluding carboxylic acids is 4. The van der Waals surface area contributed by atoms with E-state index in [1.165, 1.54) is 13.2 Å². The SMILES string of the molecule is COC.COC[C@H](NC(=O)c1cc(C)on1)C(=O)NCC(=O)N[C@@H](Cc1cccc(C)c1)C(=O)[C@@]1(C)CO1. The van der Waals surface area contributed by atoms with Crippen LogP contribution in [-0.2, 0) is 35.0 Å². The van der Waals surface area contributed by atoms with Crippen LogP contribution in [0.5, 0.6) is 0 Å². The summed E-state index contributed by atoms with van der Waals surface area (Å²) in [4.78, 5) is 50.5. The summed E-state index contributed by atoms with van der Waals surface area (Å²) in [5, 5.41) is 11.3. The number of carbonyl (C=O) groups is 4. The van der Waals surface area contributed by atoms with Crippen LogP contribution in [-0.4, -0.2) is 87.4 Å². The van der Waals surface area contributed by atoms with Gasteiger partial charge >= 0.3 is 0 Å². The molecule has 3 rings (SSSR count). The minimum absolute atomic E-state index is 0.0161. The Morgan fingerprint density at radius 1 is 1.08 bits per heavy atom. The molecule has 12 nitrogen and oxygen atoms in total. The Morgan fingerprint density at radius 2 is 1.76 bits per heavy atom. The van der Waals surface area contributed by atoms with Crippen LogP contribution in [0.4, 0.5) is 0 Å². The van der Waals surface area contributed by atoms with E-state index in [0.29, 0.717) is 18.8 Å². The number of epoxide rings is 1. The standard InChI is InChI=1S/C24H30N4O7.C2H6O/c1-14-6-5-7-16(8-14)10-17(21(30)24(3)13-34-24)26-20(29)11-25-22(31)19(12-33-4)27-23(32)18-9-15(2)35-28-18;1-3-2/h5-9,17,19H,10-13H2,1-4H3,(H,25,31)(H,26,29)(H,27,32);1-2H3/t17-,19-,24+;/m0./s1. The lowest BCUT2D eigenvalue weighted by Gasteiger charge is -2.21. The number of rotatable bonds is 12. The number of Topliss-reactive ketones (excluding diaryl/α,β-unsaturated/α-hetero) is 1. The van der Waals surface area contributed by atoms with Crippen LogP contribution in [0.1, 0.15) is 34.3 Å². The summed E-state index contributed by atoms with van der Waals surface area (Å²) in [6, 6.07) is 7.19. The summed E-state index contributed by atoms with van der Waals surface area (Å²) in [5.41, 5.74) is 1.02. The molecule has 2 heterocycles. The molecule has 3 amide bonds. The number of hydrogen-bond donors (Lipinski definition) is 3. The zero-order chi connectivity index (χ0) is 28.3. The van der Waals surface area contributed by atoms with Crippen molar-refractivity contribution in [1.29, 1.82) is 0 Å². The molecule has 3 atom stereocenters. The normalized spacial score (nSPS) is 17.3. The largest absolute Gasteiger partial charge is 0.388 e. The minimum atomic E-state index is -1.07. The van der Waals surface area contributed by atoms with Gasteiger partial charge < -0.3 is 34.7 Å². The van der Waals surface area contributed by atoms with Crippen molar-refractivity contribution in [3.63, 3.8) is 0 Å². The summed E-state index contributed by atoms with van der Waals surface area (Å²) in [6.07, 6.45) is 0.290. The maximum Gasteiger partial charge on any atom is 0.274 e. The van der Waals surface area contributed by atoms with Crippen molar-refractivity contribution in [2.45, 2.75) is 44.9 Å². The van der Waals surface area contributed by atoms with Gasteiger partial charge in [0.15, 0.2) is 11.5 Å². The minimum Gasteiger partial charge on any atom is -0.388 e. The van der Waals surface area contributed by atoms with E-state index in [2.05, 4.69) is 25.8 Å². The molecule has 0 saturated carbocycles. The second kappa shape index (κ2) is 14.4. The topological polar surface area (TPSA) is 161 Å². The summed E-state index contributed by atoms with van der Waals surface area (Å²) in [5.74, 6) is -1.59. The quantitative estimate of drug-likeness (QED) is 0.331. The molecule has 38 heavy (non-hydrogen) atoms. The van der Waals surface area contributed by atoms with Gasteiger partial charge in [0.25, 0.3) is 5.91 Å². The molecule has 3 N–H and O–H groups in total. The second-order valence-electron chi connectivity index (χ2n) is 9.13. The summed E-state index contributed by atoms with van der Waals surface area (Å²) >= 11 is 0. The van der Waals surface area contributed by atoms with Crippen molar-refractivity contribution in [1.82, 2.24) is 21.1 Å². The number of hydrogen-bond acceptors (Lipinski definition) is 9. The van der Waals surface area contributed by atoms with Crippen molar-refractivity contribution in [3.8, 4) is 0 Å². The van der Waals surface area contributed by atoms with E-state index in [1.54, 1.807) is 28.1 Å². The Morgan fingerprint density at radius 3 is 2.32 bits per heavy atom. The fourth-order valence-corrected chi connectivity index (χ4v) is 3.49. The van der Waals surface area contributed by atoms with Crippen LogP contribution in [0.15, 0.2) is 34.9 Å². The molecule has 1 saturated heterocycles. The number of methoxy groups -OCH3 is 2. The van der Waals surface area contributed by atoms with Gasteiger partial charge in [0, 0.05) is 27.4 Å². The third kappa shape index (κ3) is 9.36. The Kier molecular flexibility index (Phi) is 11.6. The van der Waals surface area contributed by atoms with Crippen LogP contribution in [0.2, 0.25) is 0 Å². The molecular weight excluding hydrogens is 496 g/mol. The molecule has 0 unspecified atom stereocenters. The molecule has 1 aliphatic rings. The number of aryl methyl sites for hydroxylation is 2.